The van der Waals surface area contributed by atoms with Crippen molar-refractivity contribution < 1.29 is 14.0 Å². The van der Waals surface area contributed by atoms with E-state index in [9.17, 15) is 14.0 Å². The van der Waals surface area contributed by atoms with Gasteiger partial charge in [-0.3, -0.25) is 9.59 Å². The Morgan fingerprint density at radius 3 is 2.22 bits per heavy atom. The zero-order valence-corrected chi connectivity index (χ0v) is 22.1. The van der Waals surface area contributed by atoms with Gasteiger partial charge in [0.05, 0.1) is 0 Å². The minimum atomic E-state index is -0.673. The molecule has 0 radical (unpaired) electrons. The summed E-state index contributed by atoms with van der Waals surface area (Å²) in [5.41, 5.74) is 2.95. The van der Waals surface area contributed by atoms with Crippen molar-refractivity contribution in [1.82, 2.24) is 10.2 Å². The molecule has 2 amide bonds. The SMILES string of the molecule is Cc1ccc(SCCC(=O)N(Cc2ccc(F)cc2)[C@@H](Cc2ccccc2)C(=O)NCC(C)C)cc1. The molecular weight excluding hydrogens is 471 g/mol. The fourth-order valence-corrected chi connectivity index (χ4v) is 4.64. The van der Waals surface area contributed by atoms with E-state index in [0.29, 0.717) is 31.1 Å². The Labute approximate surface area is 218 Å². The maximum Gasteiger partial charge on any atom is 0.243 e. The highest BCUT2D eigenvalue weighted by molar-refractivity contribution is 7.99. The van der Waals surface area contributed by atoms with E-state index in [1.807, 2.05) is 51.1 Å². The van der Waals surface area contributed by atoms with Crippen molar-refractivity contribution in [3.63, 3.8) is 0 Å². The Bertz CT molecular complexity index is 1100. The number of rotatable bonds is 12. The van der Waals surface area contributed by atoms with Gasteiger partial charge in [-0.25, -0.2) is 4.39 Å². The molecule has 0 bridgehead atoms. The van der Waals surface area contributed by atoms with E-state index in [1.54, 1.807) is 28.8 Å². The summed E-state index contributed by atoms with van der Waals surface area (Å²) in [5.74, 6) is 0.293. The molecule has 0 spiro atoms. The fraction of sp³-hybridized carbons (Fsp3) is 0.333. The highest BCUT2D eigenvalue weighted by Crippen LogP contribution is 2.21. The highest BCUT2D eigenvalue weighted by atomic mass is 32.2. The van der Waals surface area contributed by atoms with Crippen LogP contribution in [-0.4, -0.2) is 35.1 Å². The number of halogens is 1. The monoisotopic (exact) mass is 506 g/mol. The molecule has 0 heterocycles. The van der Waals surface area contributed by atoms with Crippen molar-refractivity contribution in [1.29, 1.82) is 0 Å². The summed E-state index contributed by atoms with van der Waals surface area (Å²) in [6.45, 7) is 6.89. The molecule has 0 unspecified atom stereocenters. The number of nitrogens with zero attached hydrogens (tertiary/aromatic N) is 1. The predicted molar refractivity (Wildman–Crippen MR) is 145 cm³/mol. The predicted octanol–water partition coefficient (Wildman–Crippen LogP) is 6.03. The van der Waals surface area contributed by atoms with Crippen LogP contribution in [0, 0.1) is 18.7 Å². The van der Waals surface area contributed by atoms with Crippen LogP contribution in [0.2, 0.25) is 0 Å². The van der Waals surface area contributed by atoms with Gasteiger partial charge in [-0.2, -0.15) is 0 Å². The van der Waals surface area contributed by atoms with Gasteiger partial charge in [0.2, 0.25) is 11.8 Å². The fourth-order valence-electron chi connectivity index (χ4n) is 3.80. The largest absolute Gasteiger partial charge is 0.354 e. The van der Waals surface area contributed by atoms with Gasteiger partial charge >= 0.3 is 0 Å². The molecule has 0 saturated heterocycles. The van der Waals surface area contributed by atoms with Gasteiger partial charge < -0.3 is 10.2 Å². The summed E-state index contributed by atoms with van der Waals surface area (Å²) in [7, 11) is 0. The van der Waals surface area contributed by atoms with E-state index < -0.39 is 6.04 Å². The second-order valence-electron chi connectivity index (χ2n) is 9.40. The summed E-state index contributed by atoms with van der Waals surface area (Å²) in [6.07, 6.45) is 0.700. The minimum Gasteiger partial charge on any atom is -0.354 e. The van der Waals surface area contributed by atoms with Crippen LogP contribution < -0.4 is 5.32 Å². The molecule has 0 aromatic heterocycles. The number of hydrogen-bond donors (Lipinski definition) is 1. The minimum absolute atomic E-state index is 0.0976. The first kappa shape index (κ1) is 27.5. The average Bonchev–Trinajstić information content (AvgIpc) is 2.87. The lowest BCUT2D eigenvalue weighted by molar-refractivity contribution is -0.141. The van der Waals surface area contributed by atoms with Crippen LogP contribution in [0.15, 0.2) is 83.8 Å². The standard InChI is InChI=1S/C30H35FN2O2S/c1-22(2)20-32-30(35)28(19-24-7-5-4-6-8-24)33(21-25-11-13-26(31)14-12-25)29(34)17-18-36-27-15-9-23(3)10-16-27/h4-16,22,28H,17-21H2,1-3H3,(H,32,35)/t28-/m0/s1. The molecule has 36 heavy (non-hydrogen) atoms. The van der Waals surface area contributed by atoms with Gasteiger partial charge in [-0.05, 0) is 48.2 Å². The zero-order chi connectivity index (χ0) is 25.9. The van der Waals surface area contributed by atoms with E-state index in [0.717, 1.165) is 16.0 Å². The number of carbonyl (C=O) groups excluding carboxylic acids is 2. The Morgan fingerprint density at radius 1 is 0.917 bits per heavy atom. The van der Waals surface area contributed by atoms with Crippen molar-refractivity contribution in [2.45, 2.75) is 51.1 Å². The summed E-state index contributed by atoms with van der Waals surface area (Å²) < 4.78 is 13.5. The number of thioether (sulfide) groups is 1. The summed E-state index contributed by atoms with van der Waals surface area (Å²) >= 11 is 1.62. The number of aryl methyl sites for hydroxylation is 1. The summed E-state index contributed by atoms with van der Waals surface area (Å²) in [5, 5.41) is 3.02. The first-order valence-corrected chi connectivity index (χ1v) is 13.4. The third-order valence-electron chi connectivity index (χ3n) is 5.83. The Kier molecular flexibility index (Phi) is 10.6. The Balaban J connectivity index is 1.82. The van der Waals surface area contributed by atoms with Gasteiger partial charge in [0, 0.05) is 36.6 Å². The molecule has 3 aromatic rings. The smallest absolute Gasteiger partial charge is 0.243 e. The molecule has 4 nitrogen and oxygen atoms in total. The number of amides is 2. The zero-order valence-electron chi connectivity index (χ0n) is 21.2. The Hall–Kier alpha value is -3.12. The van der Waals surface area contributed by atoms with Gasteiger partial charge in [-0.1, -0.05) is 74.0 Å². The van der Waals surface area contributed by atoms with Crippen LogP contribution >= 0.6 is 11.8 Å². The second kappa shape index (κ2) is 13.8. The average molecular weight is 507 g/mol. The number of carbonyl (C=O) groups is 2. The van der Waals surface area contributed by atoms with Crippen molar-refractivity contribution in [2.75, 3.05) is 12.3 Å². The maximum absolute atomic E-state index is 13.6. The molecule has 0 saturated carbocycles. The normalized spacial score (nSPS) is 11.8. The molecule has 3 aromatic carbocycles. The molecule has 0 aliphatic carbocycles. The van der Waals surface area contributed by atoms with Gasteiger partial charge in [0.1, 0.15) is 11.9 Å². The molecule has 0 aliphatic rings. The van der Waals surface area contributed by atoms with Crippen molar-refractivity contribution in [3.8, 4) is 0 Å². The van der Waals surface area contributed by atoms with E-state index in [2.05, 4.69) is 29.6 Å². The Morgan fingerprint density at radius 2 is 1.58 bits per heavy atom. The van der Waals surface area contributed by atoms with Crippen LogP contribution in [0.4, 0.5) is 4.39 Å². The summed E-state index contributed by atoms with van der Waals surface area (Å²) in [4.78, 5) is 29.8. The van der Waals surface area contributed by atoms with E-state index >= 15 is 0 Å². The van der Waals surface area contributed by atoms with Crippen LogP contribution in [0.5, 0.6) is 0 Å². The van der Waals surface area contributed by atoms with Crippen LogP contribution in [0.3, 0.4) is 0 Å². The van der Waals surface area contributed by atoms with E-state index in [1.165, 1.54) is 17.7 Å². The quantitative estimate of drug-likeness (QED) is 0.305. The number of hydrogen-bond acceptors (Lipinski definition) is 3. The summed E-state index contributed by atoms with van der Waals surface area (Å²) in [6, 6.07) is 23.4. The van der Waals surface area contributed by atoms with Crippen molar-refractivity contribution in [3.05, 3.63) is 101 Å². The second-order valence-corrected chi connectivity index (χ2v) is 10.6. The molecule has 0 aliphatic heterocycles. The van der Waals surface area contributed by atoms with Gasteiger partial charge in [-0.15, -0.1) is 11.8 Å². The van der Waals surface area contributed by atoms with E-state index in [-0.39, 0.29) is 24.2 Å². The molecule has 1 N–H and O–H groups in total. The lowest BCUT2D eigenvalue weighted by Crippen LogP contribution is -2.51. The first-order valence-electron chi connectivity index (χ1n) is 12.4. The molecule has 3 rings (SSSR count). The van der Waals surface area contributed by atoms with Crippen molar-refractivity contribution >= 4 is 23.6 Å². The molecule has 1 atom stereocenters. The maximum atomic E-state index is 13.6. The topological polar surface area (TPSA) is 49.4 Å². The molecule has 0 fully saturated rings. The van der Waals surface area contributed by atoms with Crippen LogP contribution in [0.1, 0.15) is 37.0 Å². The third-order valence-corrected chi connectivity index (χ3v) is 6.84. The molecule has 6 heteroatoms. The van der Waals surface area contributed by atoms with E-state index in [4.69, 9.17) is 0 Å². The van der Waals surface area contributed by atoms with Crippen LogP contribution in [-0.2, 0) is 22.6 Å². The lowest BCUT2D eigenvalue weighted by atomic mass is 10.0. The lowest BCUT2D eigenvalue weighted by Gasteiger charge is -2.32. The number of nitrogens with one attached hydrogen (secondary N) is 1. The molecular formula is C30H35FN2O2S. The van der Waals surface area contributed by atoms with Crippen LogP contribution in [0.25, 0.3) is 0 Å². The molecule has 190 valence electrons. The number of benzene rings is 3. The van der Waals surface area contributed by atoms with Crippen molar-refractivity contribution in [2.24, 2.45) is 5.92 Å². The third kappa shape index (κ3) is 8.83. The van der Waals surface area contributed by atoms with Gasteiger partial charge in [0.15, 0.2) is 0 Å². The first-order chi connectivity index (χ1) is 17.3. The highest BCUT2D eigenvalue weighted by Gasteiger charge is 2.30. The van der Waals surface area contributed by atoms with Gasteiger partial charge in [0.25, 0.3) is 0 Å².